The number of hydrogen-bond acceptors (Lipinski definition) is 3. The highest BCUT2D eigenvalue weighted by Gasteiger charge is 2.38. The summed E-state index contributed by atoms with van der Waals surface area (Å²) in [5, 5.41) is 9.45. The maximum atomic E-state index is 13.0. The quantitative estimate of drug-likeness (QED) is 0.890. The molecular formula is C23H26N2O3. The van der Waals surface area contributed by atoms with E-state index in [0.29, 0.717) is 18.9 Å². The van der Waals surface area contributed by atoms with E-state index in [1.807, 2.05) is 48.2 Å². The lowest BCUT2D eigenvalue weighted by atomic mass is 9.89. The molecule has 0 bridgehead atoms. The van der Waals surface area contributed by atoms with Gasteiger partial charge in [0.05, 0.1) is 5.92 Å². The summed E-state index contributed by atoms with van der Waals surface area (Å²) in [5.74, 6) is 0.576. The van der Waals surface area contributed by atoms with Crippen LogP contribution in [0.2, 0.25) is 0 Å². The van der Waals surface area contributed by atoms with Gasteiger partial charge >= 0.3 is 0 Å². The van der Waals surface area contributed by atoms with E-state index in [0.717, 1.165) is 37.2 Å². The Labute approximate surface area is 165 Å². The Morgan fingerprint density at radius 2 is 1.64 bits per heavy atom. The molecule has 2 aliphatic heterocycles. The first-order valence-corrected chi connectivity index (χ1v) is 9.96. The summed E-state index contributed by atoms with van der Waals surface area (Å²) < 4.78 is 0. The molecule has 2 heterocycles. The van der Waals surface area contributed by atoms with Crippen molar-refractivity contribution in [2.75, 3.05) is 24.5 Å². The van der Waals surface area contributed by atoms with Gasteiger partial charge in [-0.2, -0.15) is 0 Å². The van der Waals surface area contributed by atoms with Gasteiger partial charge in [-0.05, 0) is 55.5 Å². The van der Waals surface area contributed by atoms with Crippen LogP contribution in [0.1, 0.15) is 36.3 Å². The van der Waals surface area contributed by atoms with Crippen molar-refractivity contribution < 1.29 is 14.7 Å². The fourth-order valence-electron chi connectivity index (χ4n) is 4.29. The van der Waals surface area contributed by atoms with Crippen LogP contribution in [0.5, 0.6) is 5.75 Å². The topological polar surface area (TPSA) is 60.9 Å². The maximum Gasteiger partial charge on any atom is 0.228 e. The number of phenolic OH excluding ortho intramolecular Hbond substituents is 1. The number of rotatable bonds is 3. The van der Waals surface area contributed by atoms with Crippen molar-refractivity contribution >= 4 is 17.5 Å². The molecule has 2 saturated heterocycles. The molecule has 4 rings (SSSR count). The number of aryl methyl sites for hydroxylation is 1. The van der Waals surface area contributed by atoms with Gasteiger partial charge in [-0.15, -0.1) is 0 Å². The Balaban J connectivity index is 1.36. The standard InChI is InChI=1S/C23H26N2O3/c1-16-2-6-20(7-3-16)25-15-19(14-22(25)27)23(28)24-12-10-18(11-13-24)17-4-8-21(26)9-5-17/h2-9,18-19,26H,10-15H2,1H3. The lowest BCUT2D eigenvalue weighted by molar-refractivity contribution is -0.136. The third-order valence-corrected chi connectivity index (χ3v) is 5.99. The van der Waals surface area contributed by atoms with Crippen LogP contribution >= 0.6 is 0 Å². The highest BCUT2D eigenvalue weighted by atomic mass is 16.3. The van der Waals surface area contributed by atoms with Gasteiger partial charge in [0.1, 0.15) is 5.75 Å². The van der Waals surface area contributed by atoms with E-state index in [-0.39, 0.29) is 23.5 Å². The van der Waals surface area contributed by atoms with Crippen LogP contribution in [-0.2, 0) is 9.59 Å². The SMILES string of the molecule is Cc1ccc(N2CC(C(=O)N3CCC(c4ccc(O)cc4)CC3)CC2=O)cc1. The predicted octanol–water partition coefficient (Wildman–Crippen LogP) is 3.46. The van der Waals surface area contributed by atoms with E-state index in [1.165, 1.54) is 5.56 Å². The van der Waals surface area contributed by atoms with Crippen LogP contribution in [0.3, 0.4) is 0 Å². The largest absolute Gasteiger partial charge is 0.508 e. The molecule has 5 nitrogen and oxygen atoms in total. The molecule has 1 atom stereocenters. The van der Waals surface area contributed by atoms with E-state index < -0.39 is 0 Å². The van der Waals surface area contributed by atoms with E-state index in [2.05, 4.69) is 0 Å². The zero-order valence-corrected chi connectivity index (χ0v) is 16.2. The Kier molecular flexibility index (Phi) is 5.07. The lowest BCUT2D eigenvalue weighted by Gasteiger charge is -2.33. The van der Waals surface area contributed by atoms with Crippen molar-refractivity contribution in [1.82, 2.24) is 4.90 Å². The van der Waals surface area contributed by atoms with Gasteiger partial charge in [-0.1, -0.05) is 29.8 Å². The second-order valence-corrected chi connectivity index (χ2v) is 7.93. The minimum Gasteiger partial charge on any atom is -0.508 e. The van der Waals surface area contributed by atoms with Crippen LogP contribution in [0.15, 0.2) is 48.5 Å². The Bertz CT molecular complexity index is 852. The predicted molar refractivity (Wildman–Crippen MR) is 108 cm³/mol. The summed E-state index contributed by atoms with van der Waals surface area (Å²) in [5.41, 5.74) is 3.24. The average molecular weight is 378 g/mol. The highest BCUT2D eigenvalue weighted by molar-refractivity contribution is 6.00. The van der Waals surface area contributed by atoms with Gasteiger partial charge in [0.2, 0.25) is 11.8 Å². The molecule has 0 aromatic heterocycles. The number of hydrogen-bond donors (Lipinski definition) is 1. The lowest BCUT2D eigenvalue weighted by Crippen LogP contribution is -2.42. The number of carbonyl (C=O) groups is 2. The molecule has 2 aromatic carbocycles. The normalized spacial score (nSPS) is 20.6. The molecule has 5 heteroatoms. The first-order chi connectivity index (χ1) is 13.5. The second kappa shape index (κ2) is 7.66. The molecule has 0 radical (unpaired) electrons. The summed E-state index contributed by atoms with van der Waals surface area (Å²) in [4.78, 5) is 29.1. The van der Waals surface area contributed by atoms with Crippen LogP contribution in [0, 0.1) is 12.8 Å². The summed E-state index contributed by atoms with van der Waals surface area (Å²) in [7, 11) is 0. The molecule has 2 amide bonds. The number of anilines is 1. The van der Waals surface area contributed by atoms with Crippen LogP contribution in [0.25, 0.3) is 0 Å². The van der Waals surface area contributed by atoms with Crippen LogP contribution in [0.4, 0.5) is 5.69 Å². The fraction of sp³-hybridized carbons (Fsp3) is 0.391. The van der Waals surface area contributed by atoms with E-state index >= 15 is 0 Å². The molecule has 2 aliphatic rings. The van der Waals surface area contributed by atoms with Gasteiger partial charge in [0.15, 0.2) is 0 Å². The van der Waals surface area contributed by atoms with Crippen LogP contribution in [-0.4, -0.2) is 41.5 Å². The molecule has 146 valence electrons. The molecule has 0 spiro atoms. The van der Waals surface area contributed by atoms with Crippen molar-refractivity contribution in [3.63, 3.8) is 0 Å². The molecule has 2 fully saturated rings. The van der Waals surface area contributed by atoms with Crippen molar-refractivity contribution in [2.24, 2.45) is 5.92 Å². The number of likely N-dealkylation sites (tertiary alicyclic amines) is 1. The Morgan fingerprint density at radius 1 is 1.00 bits per heavy atom. The monoisotopic (exact) mass is 378 g/mol. The number of aromatic hydroxyl groups is 1. The van der Waals surface area contributed by atoms with Gasteiger partial charge < -0.3 is 14.9 Å². The van der Waals surface area contributed by atoms with Gasteiger partial charge in [0, 0.05) is 31.7 Å². The maximum absolute atomic E-state index is 13.0. The average Bonchev–Trinajstić information content (AvgIpc) is 3.10. The number of piperidine rings is 1. The summed E-state index contributed by atoms with van der Waals surface area (Å²) >= 11 is 0. The van der Waals surface area contributed by atoms with Gasteiger partial charge in [0.25, 0.3) is 0 Å². The molecular weight excluding hydrogens is 352 g/mol. The number of phenols is 1. The van der Waals surface area contributed by atoms with Crippen molar-refractivity contribution in [2.45, 2.75) is 32.1 Å². The minimum atomic E-state index is -0.251. The van der Waals surface area contributed by atoms with Crippen LogP contribution < -0.4 is 4.90 Å². The van der Waals surface area contributed by atoms with Gasteiger partial charge in [-0.3, -0.25) is 9.59 Å². The molecule has 1 unspecified atom stereocenters. The smallest absolute Gasteiger partial charge is 0.228 e. The zero-order chi connectivity index (χ0) is 19.7. The zero-order valence-electron chi connectivity index (χ0n) is 16.2. The fourth-order valence-corrected chi connectivity index (χ4v) is 4.29. The molecule has 0 aliphatic carbocycles. The Hall–Kier alpha value is -2.82. The first-order valence-electron chi connectivity index (χ1n) is 9.96. The summed E-state index contributed by atoms with van der Waals surface area (Å²) in [6.07, 6.45) is 2.13. The third kappa shape index (κ3) is 3.75. The second-order valence-electron chi connectivity index (χ2n) is 7.93. The summed E-state index contributed by atoms with van der Waals surface area (Å²) in [6, 6.07) is 15.2. The van der Waals surface area contributed by atoms with E-state index in [1.54, 1.807) is 17.0 Å². The molecule has 0 saturated carbocycles. The third-order valence-electron chi connectivity index (χ3n) is 5.99. The minimum absolute atomic E-state index is 0.0289. The van der Waals surface area contributed by atoms with Crippen molar-refractivity contribution in [3.05, 3.63) is 59.7 Å². The van der Waals surface area contributed by atoms with Gasteiger partial charge in [-0.25, -0.2) is 0 Å². The van der Waals surface area contributed by atoms with E-state index in [9.17, 15) is 14.7 Å². The molecule has 1 N–H and O–H groups in total. The number of amides is 2. The molecule has 28 heavy (non-hydrogen) atoms. The first kappa shape index (κ1) is 18.5. The number of benzene rings is 2. The molecule has 2 aromatic rings. The highest BCUT2D eigenvalue weighted by Crippen LogP contribution is 2.31. The van der Waals surface area contributed by atoms with E-state index in [4.69, 9.17) is 0 Å². The number of nitrogens with zero attached hydrogens (tertiary/aromatic N) is 2. The number of carbonyl (C=O) groups excluding carboxylic acids is 2. The summed E-state index contributed by atoms with van der Waals surface area (Å²) in [6.45, 7) is 3.93. The van der Waals surface area contributed by atoms with Crippen molar-refractivity contribution in [3.8, 4) is 5.75 Å². The van der Waals surface area contributed by atoms with Crippen molar-refractivity contribution in [1.29, 1.82) is 0 Å². The Morgan fingerprint density at radius 3 is 2.29 bits per heavy atom.